The lowest BCUT2D eigenvalue weighted by molar-refractivity contribution is -0.220. The molecule has 4 rings (SSSR count). The Labute approximate surface area is 163 Å². The molecule has 0 bridgehead atoms. The first-order chi connectivity index (χ1) is 13.1. The molecule has 1 saturated heterocycles. The van der Waals surface area contributed by atoms with Gasteiger partial charge in [0.15, 0.2) is 11.5 Å². The summed E-state index contributed by atoms with van der Waals surface area (Å²) >= 11 is 0. The van der Waals surface area contributed by atoms with E-state index in [-0.39, 0.29) is 41.4 Å². The van der Waals surface area contributed by atoms with Crippen LogP contribution in [0.4, 0.5) is 0 Å². The van der Waals surface area contributed by atoms with Crippen LogP contribution in [-0.4, -0.2) is 49.1 Å². The molecule has 28 heavy (non-hydrogen) atoms. The fourth-order valence-corrected chi connectivity index (χ4v) is 6.46. The topological polar surface area (TPSA) is 99.1 Å². The molecule has 0 spiro atoms. The zero-order valence-electron chi connectivity index (χ0n) is 16.8. The summed E-state index contributed by atoms with van der Waals surface area (Å²) in [4.78, 5) is 39.4. The predicted octanol–water partition coefficient (Wildman–Crippen LogP) is 1.54. The molecule has 0 aromatic carbocycles. The van der Waals surface area contributed by atoms with Crippen molar-refractivity contribution in [3.8, 4) is 0 Å². The second-order valence-electron chi connectivity index (χ2n) is 8.79. The SMILES string of the molecule is COC1=C[C@@H](O)[C@@H]2C[C@H]3OC(=O)C[C@H]4C(C)=C(OC)C(=O)[C@H]([C@@]2(C)C1=O)[C@@]34C. The Balaban J connectivity index is 1.99. The minimum absolute atomic E-state index is 0.0655. The van der Waals surface area contributed by atoms with Crippen LogP contribution in [0.3, 0.4) is 0 Å². The lowest BCUT2D eigenvalue weighted by Crippen LogP contribution is -2.70. The molecule has 0 amide bonds. The van der Waals surface area contributed by atoms with Gasteiger partial charge in [-0.15, -0.1) is 0 Å². The maximum atomic E-state index is 13.6. The van der Waals surface area contributed by atoms with Gasteiger partial charge in [0.05, 0.1) is 32.2 Å². The molecule has 7 nitrogen and oxygen atoms in total. The number of carbonyl (C=O) groups excluding carboxylic acids is 3. The Hall–Kier alpha value is -2.15. The van der Waals surface area contributed by atoms with Crippen molar-refractivity contribution in [2.45, 2.75) is 45.8 Å². The van der Waals surface area contributed by atoms with Crippen molar-refractivity contribution in [3.05, 3.63) is 23.2 Å². The van der Waals surface area contributed by atoms with Crippen LogP contribution >= 0.6 is 0 Å². The summed E-state index contributed by atoms with van der Waals surface area (Å²) in [6.07, 6.45) is 0.311. The van der Waals surface area contributed by atoms with Crippen molar-refractivity contribution in [3.63, 3.8) is 0 Å². The van der Waals surface area contributed by atoms with Gasteiger partial charge in [-0.05, 0) is 25.0 Å². The van der Waals surface area contributed by atoms with Gasteiger partial charge in [-0.25, -0.2) is 0 Å². The highest BCUT2D eigenvalue weighted by Gasteiger charge is 2.72. The summed E-state index contributed by atoms with van der Waals surface area (Å²) in [5.41, 5.74) is -1.22. The molecule has 7 heteroatoms. The van der Waals surface area contributed by atoms with E-state index >= 15 is 0 Å². The molecule has 1 aliphatic heterocycles. The van der Waals surface area contributed by atoms with Crippen molar-refractivity contribution in [2.75, 3.05) is 14.2 Å². The molecule has 0 aromatic heterocycles. The van der Waals surface area contributed by atoms with Gasteiger partial charge >= 0.3 is 5.97 Å². The van der Waals surface area contributed by atoms with Gasteiger partial charge in [-0.3, -0.25) is 14.4 Å². The van der Waals surface area contributed by atoms with E-state index in [0.717, 1.165) is 5.57 Å². The van der Waals surface area contributed by atoms with E-state index in [9.17, 15) is 19.5 Å². The van der Waals surface area contributed by atoms with E-state index in [0.29, 0.717) is 6.42 Å². The number of allylic oxidation sites excluding steroid dienone is 3. The second kappa shape index (κ2) is 5.92. The molecule has 1 saturated carbocycles. The summed E-state index contributed by atoms with van der Waals surface area (Å²) in [5, 5.41) is 10.8. The van der Waals surface area contributed by atoms with E-state index in [4.69, 9.17) is 14.2 Å². The van der Waals surface area contributed by atoms with Crippen LogP contribution in [0.15, 0.2) is 23.2 Å². The molecular formula is C21H26O7. The number of fused-ring (bicyclic) bond motifs is 2. The Morgan fingerprint density at radius 3 is 2.46 bits per heavy atom. The molecule has 0 radical (unpaired) electrons. The fraction of sp³-hybridized carbons (Fsp3) is 0.667. The van der Waals surface area contributed by atoms with E-state index in [1.807, 2.05) is 13.8 Å². The van der Waals surface area contributed by atoms with Crippen LogP contribution in [0, 0.1) is 28.6 Å². The van der Waals surface area contributed by atoms with Crippen LogP contribution < -0.4 is 0 Å². The minimum Gasteiger partial charge on any atom is -0.493 e. The molecule has 4 aliphatic rings. The first-order valence-electron chi connectivity index (χ1n) is 9.59. The number of hydrogen-bond acceptors (Lipinski definition) is 7. The highest BCUT2D eigenvalue weighted by atomic mass is 16.5. The Kier molecular flexibility index (Phi) is 4.06. The van der Waals surface area contributed by atoms with Crippen LogP contribution in [0.2, 0.25) is 0 Å². The molecule has 152 valence electrons. The van der Waals surface area contributed by atoms with Crippen molar-refractivity contribution < 1.29 is 33.7 Å². The second-order valence-corrected chi connectivity index (χ2v) is 8.79. The zero-order valence-corrected chi connectivity index (χ0v) is 16.8. The van der Waals surface area contributed by atoms with E-state index in [1.54, 1.807) is 6.92 Å². The number of Topliss-reactive ketones (excluding diaryl/α,β-unsaturated/α-hetero) is 2. The van der Waals surface area contributed by atoms with Crippen molar-refractivity contribution in [2.24, 2.45) is 28.6 Å². The first-order valence-corrected chi connectivity index (χ1v) is 9.59. The number of esters is 1. The van der Waals surface area contributed by atoms with Crippen molar-refractivity contribution in [1.82, 2.24) is 0 Å². The van der Waals surface area contributed by atoms with Gasteiger partial charge in [-0.2, -0.15) is 0 Å². The molecule has 3 aliphatic carbocycles. The highest BCUT2D eigenvalue weighted by Crippen LogP contribution is 2.66. The number of rotatable bonds is 2. The van der Waals surface area contributed by atoms with Crippen LogP contribution in [0.5, 0.6) is 0 Å². The Bertz CT molecular complexity index is 840. The molecule has 7 atom stereocenters. The maximum absolute atomic E-state index is 13.6. The number of hydrogen-bond donors (Lipinski definition) is 1. The van der Waals surface area contributed by atoms with Gasteiger partial charge in [0.25, 0.3) is 0 Å². The van der Waals surface area contributed by atoms with E-state index in [1.165, 1.54) is 20.3 Å². The average molecular weight is 390 g/mol. The van der Waals surface area contributed by atoms with Gasteiger partial charge in [0.2, 0.25) is 11.6 Å². The third-order valence-electron chi connectivity index (χ3n) is 7.79. The number of ketones is 2. The number of methoxy groups -OCH3 is 2. The molecule has 1 N–H and O–H groups in total. The predicted molar refractivity (Wildman–Crippen MR) is 96.6 cm³/mol. The summed E-state index contributed by atoms with van der Waals surface area (Å²) in [6.45, 7) is 5.48. The lowest BCUT2D eigenvalue weighted by atomic mass is 9.41. The standard InChI is InChI=1S/C21H26O7/c1-9-10-7-15(23)28-14-6-11-12(22)8-13(26-4)19(25)21(11,3)18(20(10,14)2)16(24)17(9)27-5/h8,10-12,14,18,22H,6-7H2,1-5H3/t10-,11-,12+,14+,18-,20+,21-/m0/s1. The van der Waals surface area contributed by atoms with Crippen LogP contribution in [0.1, 0.15) is 33.6 Å². The van der Waals surface area contributed by atoms with Crippen LogP contribution in [-0.2, 0) is 28.6 Å². The van der Waals surface area contributed by atoms with E-state index < -0.39 is 34.9 Å². The summed E-state index contributed by atoms with van der Waals surface area (Å²) < 4.78 is 16.4. The summed E-state index contributed by atoms with van der Waals surface area (Å²) in [5.74, 6) is -2.25. The lowest BCUT2D eigenvalue weighted by Gasteiger charge is -2.63. The van der Waals surface area contributed by atoms with Gasteiger partial charge < -0.3 is 19.3 Å². The summed E-state index contributed by atoms with van der Waals surface area (Å²) in [6, 6.07) is 0. The highest BCUT2D eigenvalue weighted by molar-refractivity contribution is 6.07. The smallest absolute Gasteiger partial charge is 0.306 e. The minimum atomic E-state index is -1.19. The monoisotopic (exact) mass is 390 g/mol. The molecule has 0 unspecified atom stereocenters. The molecule has 2 fully saturated rings. The Morgan fingerprint density at radius 1 is 1.18 bits per heavy atom. The molecular weight excluding hydrogens is 364 g/mol. The molecule has 1 heterocycles. The first kappa shape index (κ1) is 19.2. The van der Waals surface area contributed by atoms with Crippen molar-refractivity contribution in [1.29, 1.82) is 0 Å². The number of aliphatic hydroxyl groups is 1. The third-order valence-corrected chi connectivity index (χ3v) is 7.79. The fourth-order valence-electron chi connectivity index (χ4n) is 6.46. The number of carbonyl (C=O) groups is 3. The Morgan fingerprint density at radius 2 is 1.86 bits per heavy atom. The molecule has 0 aromatic rings. The van der Waals surface area contributed by atoms with Gasteiger partial charge in [-0.1, -0.05) is 13.8 Å². The maximum Gasteiger partial charge on any atom is 0.306 e. The van der Waals surface area contributed by atoms with Gasteiger partial charge in [0.1, 0.15) is 6.10 Å². The quantitative estimate of drug-likeness (QED) is 0.714. The van der Waals surface area contributed by atoms with E-state index in [2.05, 4.69) is 0 Å². The third kappa shape index (κ3) is 2.05. The van der Waals surface area contributed by atoms with Gasteiger partial charge in [0, 0.05) is 23.2 Å². The zero-order chi connectivity index (χ0) is 20.6. The normalized spacial score (nSPS) is 45.0. The van der Waals surface area contributed by atoms with Crippen molar-refractivity contribution >= 4 is 17.5 Å². The largest absolute Gasteiger partial charge is 0.493 e. The average Bonchev–Trinajstić information content (AvgIpc) is 2.63. The van der Waals surface area contributed by atoms with Crippen LogP contribution in [0.25, 0.3) is 0 Å². The number of aliphatic hydroxyl groups excluding tert-OH is 1. The summed E-state index contributed by atoms with van der Waals surface area (Å²) in [7, 11) is 2.81. The number of ether oxygens (including phenoxy) is 3.